The third-order valence-electron chi connectivity index (χ3n) is 4.45. The highest BCUT2D eigenvalue weighted by atomic mass is 16.6. The molecule has 1 aliphatic heterocycles. The SMILES string of the molecule is COC(=O)C(C)Oc1ccc2c(=O)c(-c3ccc4c(c3)OCCO4)coc2c1. The fourth-order valence-electron chi connectivity index (χ4n) is 3.01. The number of esters is 1. The molecule has 7 nitrogen and oxygen atoms in total. The fraction of sp³-hybridized carbons (Fsp3) is 0.238. The molecule has 2 heterocycles. The zero-order valence-electron chi connectivity index (χ0n) is 15.4. The van der Waals surface area contributed by atoms with E-state index in [1.807, 2.05) is 0 Å². The predicted octanol–water partition coefficient (Wildman–Crippen LogP) is 3.17. The molecule has 0 amide bonds. The van der Waals surface area contributed by atoms with Crippen LogP contribution in [0.15, 0.2) is 51.9 Å². The molecule has 0 fully saturated rings. The monoisotopic (exact) mass is 382 g/mol. The first-order valence-electron chi connectivity index (χ1n) is 8.77. The summed E-state index contributed by atoms with van der Waals surface area (Å²) in [4.78, 5) is 24.4. The lowest BCUT2D eigenvalue weighted by molar-refractivity contribution is -0.147. The second kappa shape index (κ2) is 7.26. The van der Waals surface area contributed by atoms with Crippen LogP contribution in [0.25, 0.3) is 22.1 Å². The van der Waals surface area contributed by atoms with E-state index in [1.165, 1.54) is 13.4 Å². The average molecular weight is 382 g/mol. The van der Waals surface area contributed by atoms with Crippen LogP contribution in [0.3, 0.4) is 0 Å². The number of hydrogen-bond donors (Lipinski definition) is 0. The van der Waals surface area contributed by atoms with E-state index < -0.39 is 12.1 Å². The van der Waals surface area contributed by atoms with Crippen molar-refractivity contribution in [3.8, 4) is 28.4 Å². The molecular weight excluding hydrogens is 364 g/mol. The molecule has 0 spiro atoms. The van der Waals surface area contributed by atoms with E-state index >= 15 is 0 Å². The molecule has 0 aliphatic carbocycles. The lowest BCUT2D eigenvalue weighted by Crippen LogP contribution is -2.24. The Morgan fingerprint density at radius 2 is 1.86 bits per heavy atom. The molecular formula is C21H18O7. The summed E-state index contributed by atoms with van der Waals surface area (Å²) in [5, 5.41) is 0.408. The van der Waals surface area contributed by atoms with E-state index in [2.05, 4.69) is 4.74 Å². The zero-order valence-corrected chi connectivity index (χ0v) is 15.4. The molecule has 1 unspecified atom stereocenters. The van der Waals surface area contributed by atoms with Crippen molar-refractivity contribution in [1.82, 2.24) is 0 Å². The van der Waals surface area contributed by atoms with Gasteiger partial charge in [0.1, 0.15) is 30.8 Å². The van der Waals surface area contributed by atoms with Gasteiger partial charge in [-0.15, -0.1) is 0 Å². The summed E-state index contributed by atoms with van der Waals surface area (Å²) < 4.78 is 26.9. The van der Waals surface area contributed by atoms with E-state index in [4.69, 9.17) is 18.6 Å². The van der Waals surface area contributed by atoms with Crippen LogP contribution >= 0.6 is 0 Å². The minimum Gasteiger partial charge on any atom is -0.486 e. The Hall–Kier alpha value is -3.48. The Kier molecular flexibility index (Phi) is 4.65. The molecule has 144 valence electrons. The number of fused-ring (bicyclic) bond motifs is 2. The van der Waals surface area contributed by atoms with Crippen LogP contribution in [0.2, 0.25) is 0 Å². The average Bonchev–Trinajstić information content (AvgIpc) is 2.73. The standard InChI is InChI=1S/C21H18O7/c1-12(21(23)24-2)28-14-4-5-15-18(10-14)27-11-16(20(15)22)13-3-6-17-19(9-13)26-8-7-25-17/h3-6,9-12H,7-8H2,1-2H3. The highest BCUT2D eigenvalue weighted by molar-refractivity contribution is 5.83. The Morgan fingerprint density at radius 1 is 1.07 bits per heavy atom. The fourth-order valence-corrected chi connectivity index (χ4v) is 3.01. The maximum Gasteiger partial charge on any atom is 0.346 e. The van der Waals surface area contributed by atoms with Crippen LogP contribution in [-0.4, -0.2) is 32.4 Å². The first-order chi connectivity index (χ1) is 13.6. The molecule has 0 bridgehead atoms. The van der Waals surface area contributed by atoms with Gasteiger partial charge in [-0.3, -0.25) is 4.79 Å². The van der Waals surface area contributed by atoms with Gasteiger partial charge in [0, 0.05) is 6.07 Å². The summed E-state index contributed by atoms with van der Waals surface area (Å²) in [5.41, 5.74) is 1.28. The van der Waals surface area contributed by atoms with Crippen molar-refractivity contribution >= 4 is 16.9 Å². The lowest BCUT2D eigenvalue weighted by atomic mass is 10.0. The number of ether oxygens (including phenoxy) is 4. The van der Waals surface area contributed by atoms with Gasteiger partial charge in [-0.1, -0.05) is 6.07 Å². The number of hydrogen-bond acceptors (Lipinski definition) is 7. The second-order valence-corrected chi connectivity index (χ2v) is 6.28. The molecule has 0 saturated heterocycles. The first kappa shape index (κ1) is 17.9. The molecule has 3 aromatic rings. The molecule has 28 heavy (non-hydrogen) atoms. The van der Waals surface area contributed by atoms with Crippen LogP contribution < -0.4 is 19.6 Å². The molecule has 1 aliphatic rings. The van der Waals surface area contributed by atoms with Gasteiger partial charge in [-0.2, -0.15) is 0 Å². The van der Waals surface area contributed by atoms with Crippen LogP contribution in [0, 0.1) is 0 Å². The van der Waals surface area contributed by atoms with Gasteiger partial charge in [0.2, 0.25) is 0 Å². The molecule has 1 atom stereocenters. The van der Waals surface area contributed by atoms with Gasteiger partial charge in [0.15, 0.2) is 23.0 Å². The third-order valence-corrected chi connectivity index (χ3v) is 4.45. The van der Waals surface area contributed by atoms with Crippen molar-refractivity contribution < 1.29 is 28.2 Å². The van der Waals surface area contributed by atoms with Crippen molar-refractivity contribution in [2.45, 2.75) is 13.0 Å². The Labute approximate surface area is 160 Å². The quantitative estimate of drug-likeness (QED) is 0.641. The normalized spacial score (nSPS) is 13.8. The molecule has 0 radical (unpaired) electrons. The van der Waals surface area contributed by atoms with E-state index in [9.17, 15) is 9.59 Å². The number of rotatable bonds is 4. The summed E-state index contributed by atoms with van der Waals surface area (Å²) >= 11 is 0. The van der Waals surface area contributed by atoms with Crippen molar-refractivity contribution in [2.24, 2.45) is 0 Å². The van der Waals surface area contributed by atoms with Crippen LogP contribution in [0.5, 0.6) is 17.2 Å². The zero-order chi connectivity index (χ0) is 19.7. The molecule has 0 N–H and O–H groups in total. The Bertz CT molecular complexity index is 1100. The maximum absolute atomic E-state index is 12.9. The Balaban J connectivity index is 1.69. The van der Waals surface area contributed by atoms with Crippen LogP contribution in [-0.2, 0) is 9.53 Å². The predicted molar refractivity (Wildman–Crippen MR) is 101 cm³/mol. The number of carbonyl (C=O) groups excluding carboxylic acids is 1. The summed E-state index contributed by atoms with van der Waals surface area (Å²) in [6.07, 6.45) is 0.634. The van der Waals surface area contributed by atoms with Gasteiger partial charge >= 0.3 is 5.97 Å². The van der Waals surface area contributed by atoms with Crippen LogP contribution in [0.1, 0.15) is 6.92 Å². The highest BCUT2D eigenvalue weighted by Crippen LogP contribution is 2.34. The van der Waals surface area contributed by atoms with Crippen molar-refractivity contribution in [1.29, 1.82) is 0 Å². The number of benzene rings is 2. The summed E-state index contributed by atoms with van der Waals surface area (Å²) in [6, 6.07) is 10.1. The topological polar surface area (TPSA) is 84.2 Å². The van der Waals surface area contributed by atoms with Gasteiger partial charge < -0.3 is 23.4 Å². The summed E-state index contributed by atoms with van der Waals surface area (Å²) in [7, 11) is 1.29. The highest BCUT2D eigenvalue weighted by Gasteiger charge is 2.17. The maximum atomic E-state index is 12.9. The second-order valence-electron chi connectivity index (χ2n) is 6.28. The minimum absolute atomic E-state index is 0.175. The molecule has 4 rings (SSSR count). The third kappa shape index (κ3) is 3.26. The number of methoxy groups -OCH3 is 1. The minimum atomic E-state index is -0.772. The van der Waals surface area contributed by atoms with Crippen LogP contribution in [0.4, 0.5) is 0 Å². The van der Waals surface area contributed by atoms with E-state index in [0.29, 0.717) is 52.6 Å². The van der Waals surface area contributed by atoms with Gasteiger partial charge in [0.25, 0.3) is 0 Å². The Morgan fingerprint density at radius 3 is 2.64 bits per heavy atom. The van der Waals surface area contributed by atoms with E-state index in [-0.39, 0.29) is 5.43 Å². The van der Waals surface area contributed by atoms with Gasteiger partial charge in [-0.05, 0) is 36.8 Å². The molecule has 0 saturated carbocycles. The van der Waals surface area contributed by atoms with Crippen molar-refractivity contribution in [2.75, 3.05) is 20.3 Å². The summed E-state index contributed by atoms with van der Waals surface area (Å²) in [5.74, 6) is 1.17. The first-order valence-corrected chi connectivity index (χ1v) is 8.77. The number of carbonyl (C=O) groups is 1. The molecule has 1 aromatic heterocycles. The van der Waals surface area contributed by atoms with Gasteiger partial charge in [-0.25, -0.2) is 4.79 Å². The van der Waals surface area contributed by atoms with E-state index in [0.717, 1.165) is 0 Å². The molecule has 2 aromatic carbocycles. The smallest absolute Gasteiger partial charge is 0.346 e. The van der Waals surface area contributed by atoms with E-state index in [1.54, 1.807) is 43.3 Å². The molecule has 7 heteroatoms. The summed E-state index contributed by atoms with van der Waals surface area (Å²) in [6.45, 7) is 2.55. The van der Waals surface area contributed by atoms with Gasteiger partial charge in [0.05, 0.1) is 18.1 Å². The van der Waals surface area contributed by atoms with Crippen molar-refractivity contribution in [3.63, 3.8) is 0 Å². The van der Waals surface area contributed by atoms with Crippen molar-refractivity contribution in [3.05, 3.63) is 52.9 Å². The largest absolute Gasteiger partial charge is 0.486 e. The lowest BCUT2D eigenvalue weighted by Gasteiger charge is -2.18.